The molecule has 22 heavy (non-hydrogen) atoms. The molecule has 0 aliphatic carbocycles. The van der Waals surface area contributed by atoms with Crippen LogP contribution in [0, 0.1) is 0 Å². The molecule has 1 saturated heterocycles. The van der Waals surface area contributed by atoms with E-state index >= 15 is 0 Å². The van der Waals surface area contributed by atoms with Gasteiger partial charge in [0.25, 0.3) is 0 Å². The topological polar surface area (TPSA) is 50.4 Å². The summed E-state index contributed by atoms with van der Waals surface area (Å²) >= 11 is 0. The zero-order valence-corrected chi connectivity index (χ0v) is 12.6. The number of amides is 1. The number of methoxy groups -OCH3 is 1. The molecule has 4 heteroatoms. The molecule has 0 spiro atoms. The molecule has 1 fully saturated rings. The molecule has 1 amide bonds. The van der Waals surface area contributed by atoms with Gasteiger partial charge in [0.05, 0.1) is 13.2 Å². The van der Waals surface area contributed by atoms with E-state index in [1.807, 2.05) is 30.3 Å². The maximum Gasteiger partial charge on any atom is 0.237 e. The number of hydrogen-bond acceptors (Lipinski definition) is 3. The van der Waals surface area contributed by atoms with E-state index in [1.54, 1.807) is 7.11 Å². The smallest absolute Gasteiger partial charge is 0.237 e. The minimum Gasteiger partial charge on any atom is -0.497 e. The van der Waals surface area contributed by atoms with E-state index in [0.717, 1.165) is 29.0 Å². The standard InChI is InChI=1S/C18H20N2O2/c1-22-16-7-5-14(6-8-16)15-4-2-3-13(11-15)12-17-18(21)20-10-9-19-17/h2-8,11,17,19H,9-10,12H2,1H3,(H,20,21). The van der Waals surface area contributed by atoms with E-state index in [1.165, 1.54) is 0 Å². The molecule has 1 unspecified atom stereocenters. The van der Waals surface area contributed by atoms with Gasteiger partial charge in [-0.1, -0.05) is 36.4 Å². The van der Waals surface area contributed by atoms with Crippen LogP contribution in [-0.2, 0) is 11.2 Å². The highest BCUT2D eigenvalue weighted by Gasteiger charge is 2.21. The number of benzene rings is 2. The molecule has 1 heterocycles. The van der Waals surface area contributed by atoms with Crippen molar-refractivity contribution in [1.29, 1.82) is 0 Å². The number of rotatable bonds is 4. The van der Waals surface area contributed by atoms with Crippen molar-refractivity contribution in [3.63, 3.8) is 0 Å². The van der Waals surface area contributed by atoms with E-state index in [2.05, 4.69) is 28.8 Å². The molecule has 0 saturated carbocycles. The summed E-state index contributed by atoms with van der Waals surface area (Å²) in [6.07, 6.45) is 0.704. The molecule has 2 aromatic rings. The highest BCUT2D eigenvalue weighted by atomic mass is 16.5. The van der Waals surface area contributed by atoms with Crippen LogP contribution >= 0.6 is 0 Å². The first-order valence-electron chi connectivity index (χ1n) is 7.51. The molecule has 114 valence electrons. The molecular formula is C18H20N2O2. The van der Waals surface area contributed by atoms with Crippen molar-refractivity contribution in [3.8, 4) is 16.9 Å². The zero-order valence-electron chi connectivity index (χ0n) is 12.6. The molecule has 2 aromatic carbocycles. The lowest BCUT2D eigenvalue weighted by Gasteiger charge is -2.23. The largest absolute Gasteiger partial charge is 0.497 e. The van der Waals surface area contributed by atoms with Gasteiger partial charge in [-0.3, -0.25) is 4.79 Å². The molecule has 1 aliphatic heterocycles. The van der Waals surface area contributed by atoms with Gasteiger partial charge in [0, 0.05) is 13.1 Å². The molecular weight excluding hydrogens is 276 g/mol. The van der Waals surface area contributed by atoms with Crippen LogP contribution in [0.1, 0.15) is 5.56 Å². The monoisotopic (exact) mass is 296 g/mol. The van der Waals surface area contributed by atoms with Crippen LogP contribution in [0.5, 0.6) is 5.75 Å². The Hall–Kier alpha value is -2.33. The quantitative estimate of drug-likeness (QED) is 0.907. The molecule has 4 nitrogen and oxygen atoms in total. The molecule has 0 radical (unpaired) electrons. The fraction of sp³-hybridized carbons (Fsp3) is 0.278. The summed E-state index contributed by atoms with van der Waals surface area (Å²) in [5, 5.41) is 6.16. The van der Waals surface area contributed by atoms with Crippen LogP contribution in [0.2, 0.25) is 0 Å². The second-order valence-corrected chi connectivity index (χ2v) is 5.43. The fourth-order valence-corrected chi connectivity index (χ4v) is 2.71. The highest BCUT2D eigenvalue weighted by molar-refractivity contribution is 5.82. The van der Waals surface area contributed by atoms with Crippen molar-refractivity contribution >= 4 is 5.91 Å². The number of ether oxygens (including phenoxy) is 1. The number of nitrogens with one attached hydrogen (secondary N) is 2. The van der Waals surface area contributed by atoms with Crippen molar-refractivity contribution in [1.82, 2.24) is 10.6 Å². The number of piperazine rings is 1. The third kappa shape index (κ3) is 3.28. The lowest BCUT2D eigenvalue weighted by molar-refractivity contribution is -0.124. The normalized spacial score (nSPS) is 17.9. The Morgan fingerprint density at radius 1 is 1.09 bits per heavy atom. The summed E-state index contributed by atoms with van der Waals surface area (Å²) in [7, 11) is 1.66. The third-order valence-corrected chi connectivity index (χ3v) is 3.92. The zero-order chi connectivity index (χ0) is 15.4. The van der Waals surface area contributed by atoms with Gasteiger partial charge >= 0.3 is 0 Å². The maximum absolute atomic E-state index is 11.8. The Balaban J connectivity index is 1.78. The van der Waals surface area contributed by atoms with Crippen LogP contribution in [0.4, 0.5) is 0 Å². The summed E-state index contributed by atoms with van der Waals surface area (Å²) in [6, 6.07) is 16.2. The minimum atomic E-state index is -0.139. The SMILES string of the molecule is COc1ccc(-c2cccc(CC3NCCNC3=O)c2)cc1. The Morgan fingerprint density at radius 3 is 2.64 bits per heavy atom. The van der Waals surface area contributed by atoms with Gasteiger partial charge in [-0.15, -0.1) is 0 Å². The second-order valence-electron chi connectivity index (χ2n) is 5.43. The van der Waals surface area contributed by atoms with Gasteiger partial charge in [-0.2, -0.15) is 0 Å². The van der Waals surface area contributed by atoms with E-state index in [4.69, 9.17) is 4.74 Å². The predicted octanol–water partition coefficient (Wildman–Crippen LogP) is 1.99. The van der Waals surface area contributed by atoms with Crippen LogP contribution < -0.4 is 15.4 Å². The third-order valence-electron chi connectivity index (χ3n) is 3.92. The maximum atomic E-state index is 11.8. The molecule has 3 rings (SSSR count). The number of hydrogen-bond donors (Lipinski definition) is 2. The molecule has 1 aliphatic rings. The van der Waals surface area contributed by atoms with Crippen molar-refractivity contribution in [2.75, 3.05) is 20.2 Å². The van der Waals surface area contributed by atoms with Crippen molar-refractivity contribution < 1.29 is 9.53 Å². The van der Waals surface area contributed by atoms with Gasteiger partial charge in [0.2, 0.25) is 5.91 Å². The lowest BCUT2D eigenvalue weighted by Crippen LogP contribution is -2.53. The van der Waals surface area contributed by atoms with Crippen LogP contribution in [0.3, 0.4) is 0 Å². The van der Waals surface area contributed by atoms with E-state index in [9.17, 15) is 4.79 Å². The van der Waals surface area contributed by atoms with Crippen molar-refractivity contribution in [2.45, 2.75) is 12.5 Å². The van der Waals surface area contributed by atoms with Gasteiger partial charge < -0.3 is 15.4 Å². The first kappa shape index (κ1) is 14.6. The second kappa shape index (κ2) is 6.62. The summed E-state index contributed by atoms with van der Waals surface area (Å²) < 4.78 is 5.19. The summed E-state index contributed by atoms with van der Waals surface area (Å²) in [6.45, 7) is 1.54. The lowest BCUT2D eigenvalue weighted by atomic mass is 9.98. The molecule has 1 atom stereocenters. The fourth-order valence-electron chi connectivity index (χ4n) is 2.71. The summed E-state index contributed by atoms with van der Waals surface area (Å²) in [5.74, 6) is 0.934. The average molecular weight is 296 g/mol. The number of carbonyl (C=O) groups excluding carboxylic acids is 1. The highest BCUT2D eigenvalue weighted by Crippen LogP contribution is 2.23. The van der Waals surface area contributed by atoms with Crippen LogP contribution in [0.25, 0.3) is 11.1 Å². The molecule has 0 aromatic heterocycles. The van der Waals surface area contributed by atoms with E-state index in [0.29, 0.717) is 13.0 Å². The molecule has 0 bridgehead atoms. The number of carbonyl (C=O) groups is 1. The van der Waals surface area contributed by atoms with Crippen LogP contribution in [-0.4, -0.2) is 32.1 Å². The Bertz CT molecular complexity index is 652. The first-order chi connectivity index (χ1) is 10.8. The Kier molecular flexibility index (Phi) is 4.39. The van der Waals surface area contributed by atoms with E-state index in [-0.39, 0.29) is 11.9 Å². The predicted molar refractivity (Wildman–Crippen MR) is 86.9 cm³/mol. The Labute approximate surface area is 130 Å². The van der Waals surface area contributed by atoms with Crippen molar-refractivity contribution in [3.05, 3.63) is 54.1 Å². The van der Waals surface area contributed by atoms with Gasteiger partial charge in [0.15, 0.2) is 0 Å². The first-order valence-corrected chi connectivity index (χ1v) is 7.51. The van der Waals surface area contributed by atoms with Gasteiger partial charge in [0.1, 0.15) is 5.75 Å². The van der Waals surface area contributed by atoms with Crippen molar-refractivity contribution in [2.24, 2.45) is 0 Å². The van der Waals surface area contributed by atoms with Crippen LogP contribution in [0.15, 0.2) is 48.5 Å². The molecule has 2 N–H and O–H groups in total. The van der Waals surface area contributed by atoms with Gasteiger partial charge in [-0.25, -0.2) is 0 Å². The Morgan fingerprint density at radius 2 is 1.91 bits per heavy atom. The summed E-state index contributed by atoms with van der Waals surface area (Å²) in [5.41, 5.74) is 3.45. The van der Waals surface area contributed by atoms with Gasteiger partial charge in [-0.05, 0) is 35.2 Å². The average Bonchev–Trinajstić information content (AvgIpc) is 2.57. The minimum absolute atomic E-state index is 0.0844. The van der Waals surface area contributed by atoms with E-state index < -0.39 is 0 Å². The summed E-state index contributed by atoms with van der Waals surface area (Å²) in [4.78, 5) is 11.8.